The van der Waals surface area contributed by atoms with Crippen LogP contribution in [0.3, 0.4) is 0 Å². The van der Waals surface area contributed by atoms with Crippen LogP contribution in [0.15, 0.2) is 34.9 Å². The number of hydrogen-bond donors (Lipinski definition) is 0. The van der Waals surface area contributed by atoms with Gasteiger partial charge in [-0.15, -0.1) is 0 Å². The van der Waals surface area contributed by atoms with E-state index in [1.807, 2.05) is 0 Å². The van der Waals surface area contributed by atoms with Crippen molar-refractivity contribution < 1.29 is 0 Å². The Morgan fingerprint density at radius 1 is 1.35 bits per heavy atom. The second kappa shape index (κ2) is 6.33. The van der Waals surface area contributed by atoms with Gasteiger partial charge in [0, 0.05) is 0 Å². The highest BCUT2D eigenvalue weighted by Gasteiger charge is 2.38. The first-order chi connectivity index (χ1) is 9.42. The fraction of sp³-hybridized carbons (Fsp3) is 0.700. The summed E-state index contributed by atoms with van der Waals surface area (Å²) in [5.41, 5.74) is 6.94. The molecule has 2 aliphatic rings. The molecule has 0 aliphatic heterocycles. The first-order valence-corrected chi connectivity index (χ1v) is 8.42. The zero-order chi connectivity index (χ0) is 14.8. The molecule has 0 aromatic carbocycles. The second-order valence-electron chi connectivity index (χ2n) is 7.59. The van der Waals surface area contributed by atoms with Crippen LogP contribution in [-0.2, 0) is 0 Å². The molecule has 2 rings (SSSR count). The van der Waals surface area contributed by atoms with E-state index in [9.17, 15) is 0 Å². The van der Waals surface area contributed by atoms with E-state index in [2.05, 4.69) is 40.3 Å². The molecule has 20 heavy (non-hydrogen) atoms. The topological polar surface area (TPSA) is 0 Å². The van der Waals surface area contributed by atoms with Gasteiger partial charge in [0.25, 0.3) is 0 Å². The molecule has 112 valence electrons. The van der Waals surface area contributed by atoms with Gasteiger partial charge in [-0.05, 0) is 83.5 Å². The molecule has 0 N–H and O–H groups in total. The molecule has 0 heterocycles. The molecular weight excluding hydrogens is 240 g/mol. The average Bonchev–Trinajstić information content (AvgIpc) is 2.37. The van der Waals surface area contributed by atoms with Gasteiger partial charge in [0.1, 0.15) is 0 Å². The summed E-state index contributed by atoms with van der Waals surface area (Å²) in [7, 11) is 0. The van der Waals surface area contributed by atoms with E-state index >= 15 is 0 Å². The Kier molecular flexibility index (Phi) is 4.94. The Morgan fingerprint density at radius 2 is 2.10 bits per heavy atom. The Hall–Kier alpha value is -0.780. The van der Waals surface area contributed by atoms with E-state index in [-0.39, 0.29) is 0 Å². The smallest absolute Gasteiger partial charge is 0.0113 e. The fourth-order valence-corrected chi connectivity index (χ4v) is 4.20. The highest BCUT2D eigenvalue weighted by Crippen LogP contribution is 2.52. The Balaban J connectivity index is 1.99. The van der Waals surface area contributed by atoms with Crippen LogP contribution in [0.2, 0.25) is 0 Å². The molecule has 0 spiro atoms. The van der Waals surface area contributed by atoms with Crippen LogP contribution in [0, 0.1) is 11.3 Å². The molecule has 0 amide bonds. The minimum atomic E-state index is 0.527. The van der Waals surface area contributed by atoms with Crippen LogP contribution in [0.1, 0.15) is 79.1 Å². The lowest BCUT2D eigenvalue weighted by atomic mass is 9.61. The predicted molar refractivity (Wildman–Crippen MR) is 89.8 cm³/mol. The number of rotatable bonds is 4. The third-order valence-electron chi connectivity index (χ3n) is 5.61. The van der Waals surface area contributed by atoms with Gasteiger partial charge in [-0.1, -0.05) is 41.9 Å². The highest BCUT2D eigenvalue weighted by atomic mass is 14.4. The van der Waals surface area contributed by atoms with Gasteiger partial charge in [-0.3, -0.25) is 0 Å². The predicted octanol–water partition coefficient (Wildman–Crippen LogP) is 6.60. The zero-order valence-corrected chi connectivity index (χ0v) is 14.0. The van der Waals surface area contributed by atoms with Crippen molar-refractivity contribution in [2.24, 2.45) is 11.3 Å². The first kappa shape index (κ1) is 15.6. The maximum atomic E-state index is 4.41. The quantitative estimate of drug-likeness (QED) is 0.506. The second-order valence-corrected chi connectivity index (χ2v) is 7.59. The molecule has 2 atom stereocenters. The minimum absolute atomic E-state index is 0.527. The summed E-state index contributed by atoms with van der Waals surface area (Å²) in [5, 5.41) is 0. The van der Waals surface area contributed by atoms with Gasteiger partial charge >= 0.3 is 0 Å². The normalized spacial score (nSPS) is 29.9. The van der Waals surface area contributed by atoms with Crippen molar-refractivity contribution in [3.8, 4) is 0 Å². The van der Waals surface area contributed by atoms with E-state index in [0.29, 0.717) is 5.41 Å². The molecule has 0 bridgehead atoms. The largest absolute Gasteiger partial charge is 0.0996 e. The maximum absolute atomic E-state index is 4.41. The highest BCUT2D eigenvalue weighted by molar-refractivity contribution is 5.28. The molecule has 0 nitrogen and oxygen atoms in total. The van der Waals surface area contributed by atoms with Gasteiger partial charge < -0.3 is 0 Å². The van der Waals surface area contributed by atoms with E-state index < -0.39 is 0 Å². The Labute approximate surface area is 126 Å². The molecule has 0 radical (unpaired) electrons. The van der Waals surface area contributed by atoms with Gasteiger partial charge in [-0.25, -0.2) is 0 Å². The summed E-state index contributed by atoms with van der Waals surface area (Å²) in [6.45, 7) is 13.7. The molecular formula is C20H32. The van der Waals surface area contributed by atoms with Crippen molar-refractivity contribution in [1.82, 2.24) is 0 Å². The summed E-state index contributed by atoms with van der Waals surface area (Å²) in [6, 6.07) is 0. The minimum Gasteiger partial charge on any atom is -0.0996 e. The van der Waals surface area contributed by atoms with E-state index in [4.69, 9.17) is 0 Å². The molecule has 2 unspecified atom stereocenters. The number of allylic oxidation sites excluding steroid dienone is 5. The lowest BCUT2D eigenvalue weighted by Crippen LogP contribution is -2.31. The van der Waals surface area contributed by atoms with Crippen LogP contribution in [-0.4, -0.2) is 0 Å². The Bertz CT molecular complexity index is 431. The molecule has 0 saturated heterocycles. The summed E-state index contributed by atoms with van der Waals surface area (Å²) in [4.78, 5) is 0. The monoisotopic (exact) mass is 272 g/mol. The third-order valence-corrected chi connectivity index (χ3v) is 5.61. The van der Waals surface area contributed by atoms with Gasteiger partial charge in [0.2, 0.25) is 0 Å². The summed E-state index contributed by atoms with van der Waals surface area (Å²) < 4.78 is 0. The van der Waals surface area contributed by atoms with E-state index in [0.717, 1.165) is 5.92 Å². The molecule has 1 saturated carbocycles. The molecule has 2 aliphatic carbocycles. The van der Waals surface area contributed by atoms with Crippen molar-refractivity contribution in [2.45, 2.75) is 79.1 Å². The molecule has 0 aromatic rings. The van der Waals surface area contributed by atoms with Crippen LogP contribution >= 0.6 is 0 Å². The van der Waals surface area contributed by atoms with Gasteiger partial charge in [0.05, 0.1) is 0 Å². The van der Waals surface area contributed by atoms with Crippen molar-refractivity contribution in [2.75, 3.05) is 0 Å². The van der Waals surface area contributed by atoms with Gasteiger partial charge in [-0.2, -0.15) is 0 Å². The fourth-order valence-electron chi connectivity index (χ4n) is 4.20. The number of fused-ring (bicyclic) bond motifs is 1. The third kappa shape index (κ3) is 3.45. The zero-order valence-electron chi connectivity index (χ0n) is 14.0. The number of hydrogen-bond acceptors (Lipinski definition) is 0. The van der Waals surface area contributed by atoms with E-state index in [1.165, 1.54) is 62.5 Å². The van der Waals surface area contributed by atoms with Crippen molar-refractivity contribution in [1.29, 1.82) is 0 Å². The first-order valence-electron chi connectivity index (χ1n) is 8.42. The lowest BCUT2D eigenvalue weighted by molar-refractivity contribution is 0.227. The van der Waals surface area contributed by atoms with Crippen LogP contribution in [0.25, 0.3) is 0 Å². The van der Waals surface area contributed by atoms with Crippen molar-refractivity contribution >= 4 is 0 Å². The summed E-state index contributed by atoms with van der Waals surface area (Å²) in [6.07, 6.45) is 12.9. The molecule has 0 heteroatoms. The Morgan fingerprint density at radius 3 is 2.80 bits per heavy atom. The SMILES string of the molecule is C=C(CCC=C(C)C)C1CCC2(C)CCCC(C)=C2C1. The standard InChI is InChI=1S/C20H32/c1-15(2)8-6-9-16(3)18-11-13-20(5)12-7-10-17(4)19(20)14-18/h8,18H,3,6-7,9-14H2,1-2,4-5H3. The van der Waals surface area contributed by atoms with Crippen LogP contribution < -0.4 is 0 Å². The summed E-state index contributed by atoms with van der Waals surface area (Å²) in [5.74, 6) is 0.747. The molecule has 1 fully saturated rings. The molecule has 0 aromatic heterocycles. The van der Waals surface area contributed by atoms with Gasteiger partial charge in [0.15, 0.2) is 0 Å². The van der Waals surface area contributed by atoms with E-state index in [1.54, 1.807) is 11.1 Å². The van der Waals surface area contributed by atoms with Crippen LogP contribution in [0.5, 0.6) is 0 Å². The lowest BCUT2D eigenvalue weighted by Gasteiger charge is -2.44. The van der Waals surface area contributed by atoms with Crippen molar-refractivity contribution in [3.05, 3.63) is 34.9 Å². The van der Waals surface area contributed by atoms with Crippen LogP contribution in [0.4, 0.5) is 0 Å². The summed E-state index contributed by atoms with van der Waals surface area (Å²) >= 11 is 0. The van der Waals surface area contributed by atoms with Crippen molar-refractivity contribution in [3.63, 3.8) is 0 Å². The average molecular weight is 272 g/mol. The maximum Gasteiger partial charge on any atom is -0.0113 e.